The molecule has 0 bridgehead atoms. The predicted octanol–water partition coefficient (Wildman–Crippen LogP) is 2.63. The summed E-state index contributed by atoms with van der Waals surface area (Å²) in [5.41, 5.74) is 0.745. The monoisotopic (exact) mass is 512 g/mol. The standard InChI is InChI=1S/C19H30F2N4O2.HI/c1-3-22-19(24-15-7-9-25(10-8-15)13-18(20)21)23-12-17(26)14-5-4-6-16(11-14)27-2;/h4-6,11,15,17-18,26H,3,7-10,12-13H2,1-2H3,(H2,22,23,24);1H. The van der Waals surface area contributed by atoms with E-state index in [1.165, 1.54) is 0 Å². The number of guanidine groups is 1. The van der Waals surface area contributed by atoms with Crippen LogP contribution in [-0.2, 0) is 0 Å². The van der Waals surface area contributed by atoms with Crippen LogP contribution in [0.5, 0.6) is 5.75 Å². The minimum atomic E-state index is -2.29. The molecule has 1 unspecified atom stereocenters. The fraction of sp³-hybridized carbons (Fsp3) is 0.632. The van der Waals surface area contributed by atoms with Crippen LogP contribution in [0.1, 0.15) is 31.4 Å². The lowest BCUT2D eigenvalue weighted by molar-refractivity contribution is 0.0744. The van der Waals surface area contributed by atoms with E-state index in [4.69, 9.17) is 4.74 Å². The van der Waals surface area contributed by atoms with Gasteiger partial charge in [0.2, 0.25) is 0 Å². The Balaban J connectivity index is 0.00000392. The van der Waals surface area contributed by atoms with Crippen molar-refractivity contribution in [2.75, 3.05) is 39.8 Å². The zero-order valence-corrected chi connectivity index (χ0v) is 18.7. The Kier molecular flexibility index (Phi) is 11.6. The van der Waals surface area contributed by atoms with E-state index in [9.17, 15) is 13.9 Å². The minimum Gasteiger partial charge on any atom is -0.497 e. The molecule has 160 valence electrons. The van der Waals surface area contributed by atoms with Gasteiger partial charge in [-0.3, -0.25) is 9.89 Å². The quantitative estimate of drug-likeness (QED) is 0.284. The van der Waals surface area contributed by atoms with Crippen LogP contribution in [0, 0.1) is 0 Å². The normalized spacial score (nSPS) is 17.1. The molecule has 1 aliphatic heterocycles. The van der Waals surface area contributed by atoms with Crippen LogP contribution in [0.15, 0.2) is 29.3 Å². The molecule has 0 aromatic heterocycles. The number of piperidine rings is 1. The number of aliphatic hydroxyl groups excluding tert-OH is 1. The molecular weight excluding hydrogens is 481 g/mol. The molecule has 9 heteroatoms. The number of likely N-dealkylation sites (tertiary alicyclic amines) is 1. The number of halogens is 3. The van der Waals surface area contributed by atoms with E-state index in [0.29, 0.717) is 31.3 Å². The van der Waals surface area contributed by atoms with Crippen LogP contribution >= 0.6 is 24.0 Å². The molecule has 1 heterocycles. The molecule has 3 N–H and O–H groups in total. The highest BCUT2D eigenvalue weighted by Gasteiger charge is 2.22. The number of aliphatic imine (C=N–C) groups is 1. The summed E-state index contributed by atoms with van der Waals surface area (Å²) in [6.07, 6.45) is -1.44. The van der Waals surface area contributed by atoms with Crippen molar-refractivity contribution in [3.63, 3.8) is 0 Å². The first-order valence-corrected chi connectivity index (χ1v) is 9.39. The van der Waals surface area contributed by atoms with E-state index in [1.807, 2.05) is 25.1 Å². The van der Waals surface area contributed by atoms with Gasteiger partial charge in [0.1, 0.15) is 5.75 Å². The van der Waals surface area contributed by atoms with Crippen LogP contribution in [0.2, 0.25) is 0 Å². The van der Waals surface area contributed by atoms with Crippen molar-refractivity contribution < 1.29 is 18.6 Å². The lowest BCUT2D eigenvalue weighted by Gasteiger charge is -2.32. The number of hydrogen-bond acceptors (Lipinski definition) is 4. The first-order valence-electron chi connectivity index (χ1n) is 9.39. The maximum absolute atomic E-state index is 12.5. The summed E-state index contributed by atoms with van der Waals surface area (Å²) in [4.78, 5) is 6.27. The second-order valence-corrected chi connectivity index (χ2v) is 6.62. The fourth-order valence-electron chi connectivity index (χ4n) is 3.10. The van der Waals surface area contributed by atoms with Crippen molar-refractivity contribution in [2.24, 2.45) is 4.99 Å². The first-order chi connectivity index (χ1) is 13.0. The summed E-state index contributed by atoms with van der Waals surface area (Å²) in [7, 11) is 1.59. The summed E-state index contributed by atoms with van der Waals surface area (Å²) in [5, 5.41) is 16.9. The van der Waals surface area contributed by atoms with Gasteiger partial charge in [0.25, 0.3) is 6.43 Å². The number of hydrogen-bond donors (Lipinski definition) is 3. The van der Waals surface area contributed by atoms with Gasteiger partial charge >= 0.3 is 0 Å². The Bertz CT molecular complexity index is 599. The molecule has 1 saturated heterocycles. The number of nitrogens with zero attached hydrogens (tertiary/aromatic N) is 2. The van der Waals surface area contributed by atoms with Crippen LogP contribution in [0.25, 0.3) is 0 Å². The van der Waals surface area contributed by atoms with Gasteiger partial charge < -0.3 is 20.5 Å². The Morgan fingerprint density at radius 3 is 2.68 bits per heavy atom. The molecule has 1 fully saturated rings. The summed E-state index contributed by atoms with van der Waals surface area (Å²) in [5.74, 6) is 1.32. The molecule has 28 heavy (non-hydrogen) atoms. The van der Waals surface area contributed by atoms with E-state index >= 15 is 0 Å². The van der Waals surface area contributed by atoms with E-state index in [-0.39, 0.29) is 43.1 Å². The molecule has 1 atom stereocenters. The number of rotatable bonds is 8. The molecular formula is C19H31F2IN4O2. The van der Waals surface area contributed by atoms with Crippen molar-refractivity contribution in [1.29, 1.82) is 0 Å². The van der Waals surface area contributed by atoms with Gasteiger partial charge in [-0.15, -0.1) is 24.0 Å². The Labute approximate surface area is 182 Å². The van der Waals surface area contributed by atoms with Gasteiger partial charge in [-0.1, -0.05) is 12.1 Å². The van der Waals surface area contributed by atoms with Gasteiger partial charge in [0.15, 0.2) is 5.96 Å². The lowest BCUT2D eigenvalue weighted by Crippen LogP contribution is -2.49. The molecule has 1 aromatic carbocycles. The summed E-state index contributed by atoms with van der Waals surface area (Å²) in [6.45, 7) is 4.02. The maximum atomic E-state index is 12.5. The van der Waals surface area contributed by atoms with Gasteiger partial charge in [-0.2, -0.15) is 0 Å². The zero-order chi connectivity index (χ0) is 19.6. The SMILES string of the molecule is CCNC(=NCC(O)c1cccc(OC)c1)NC1CCN(CC(F)F)CC1.I. The first kappa shape index (κ1) is 24.8. The van der Waals surface area contributed by atoms with Gasteiger partial charge in [-0.05, 0) is 37.5 Å². The average molecular weight is 512 g/mol. The average Bonchev–Trinajstić information content (AvgIpc) is 2.67. The molecule has 6 nitrogen and oxygen atoms in total. The third-order valence-electron chi connectivity index (χ3n) is 4.57. The fourth-order valence-corrected chi connectivity index (χ4v) is 3.10. The minimum absolute atomic E-state index is 0. The smallest absolute Gasteiger partial charge is 0.251 e. The van der Waals surface area contributed by atoms with Crippen molar-refractivity contribution in [1.82, 2.24) is 15.5 Å². The third-order valence-corrected chi connectivity index (χ3v) is 4.57. The zero-order valence-electron chi connectivity index (χ0n) is 16.4. The van der Waals surface area contributed by atoms with Gasteiger partial charge in [0.05, 0.1) is 26.3 Å². The predicted molar refractivity (Wildman–Crippen MR) is 118 cm³/mol. The largest absolute Gasteiger partial charge is 0.497 e. The van der Waals surface area contributed by atoms with E-state index in [1.54, 1.807) is 18.1 Å². The van der Waals surface area contributed by atoms with E-state index in [2.05, 4.69) is 15.6 Å². The lowest BCUT2D eigenvalue weighted by atomic mass is 10.1. The van der Waals surface area contributed by atoms with Crippen molar-refractivity contribution in [3.8, 4) is 5.75 Å². The molecule has 2 rings (SSSR count). The van der Waals surface area contributed by atoms with Crippen LogP contribution in [0.4, 0.5) is 8.78 Å². The molecule has 0 saturated carbocycles. The third kappa shape index (κ3) is 8.44. The highest BCUT2D eigenvalue weighted by atomic mass is 127. The van der Waals surface area contributed by atoms with Gasteiger partial charge in [0, 0.05) is 25.7 Å². The molecule has 1 aliphatic rings. The van der Waals surface area contributed by atoms with Crippen LogP contribution in [0.3, 0.4) is 0 Å². The molecule has 0 spiro atoms. The molecule has 0 amide bonds. The van der Waals surface area contributed by atoms with Crippen LogP contribution < -0.4 is 15.4 Å². The highest BCUT2D eigenvalue weighted by Crippen LogP contribution is 2.19. The number of ether oxygens (including phenoxy) is 1. The molecule has 0 aliphatic carbocycles. The Hall–Kier alpha value is -1.20. The number of benzene rings is 1. The van der Waals surface area contributed by atoms with Crippen molar-refractivity contribution in [3.05, 3.63) is 29.8 Å². The number of alkyl halides is 2. The highest BCUT2D eigenvalue weighted by molar-refractivity contribution is 14.0. The van der Waals surface area contributed by atoms with Crippen molar-refractivity contribution in [2.45, 2.75) is 38.3 Å². The van der Waals surface area contributed by atoms with Crippen LogP contribution in [-0.4, -0.2) is 68.3 Å². The number of methoxy groups -OCH3 is 1. The number of nitrogens with one attached hydrogen (secondary N) is 2. The Morgan fingerprint density at radius 2 is 2.07 bits per heavy atom. The molecule has 1 aromatic rings. The Morgan fingerprint density at radius 1 is 1.36 bits per heavy atom. The molecule has 0 radical (unpaired) electrons. The van der Waals surface area contributed by atoms with Gasteiger partial charge in [-0.25, -0.2) is 8.78 Å². The second-order valence-electron chi connectivity index (χ2n) is 6.62. The summed E-state index contributed by atoms with van der Waals surface area (Å²) < 4.78 is 30.1. The summed E-state index contributed by atoms with van der Waals surface area (Å²) >= 11 is 0. The van der Waals surface area contributed by atoms with E-state index in [0.717, 1.165) is 18.4 Å². The maximum Gasteiger partial charge on any atom is 0.251 e. The van der Waals surface area contributed by atoms with Crippen molar-refractivity contribution >= 4 is 29.9 Å². The van der Waals surface area contributed by atoms with E-state index < -0.39 is 12.5 Å². The number of aliphatic hydroxyl groups is 1. The second kappa shape index (κ2) is 13.1. The topological polar surface area (TPSA) is 69.1 Å². The summed E-state index contributed by atoms with van der Waals surface area (Å²) in [6, 6.07) is 7.47.